The number of unbranched alkanes of at least 4 members (excludes halogenated alkanes) is 10. The predicted molar refractivity (Wildman–Crippen MR) is 153 cm³/mol. The molecule has 7 heteroatoms. The van der Waals surface area contributed by atoms with Crippen LogP contribution in [0.1, 0.15) is 77.0 Å². The minimum atomic E-state index is -0.0288. The van der Waals surface area contributed by atoms with E-state index in [2.05, 4.69) is 25.8 Å². The van der Waals surface area contributed by atoms with Crippen molar-refractivity contribution in [1.82, 2.24) is 0 Å². The number of ether oxygens (including phenoxy) is 6. The first kappa shape index (κ1) is 35.6. The molecule has 0 radical (unpaired) electrons. The zero-order valence-corrected chi connectivity index (χ0v) is 23.9. The third-order valence-electron chi connectivity index (χ3n) is 5.56. The summed E-state index contributed by atoms with van der Waals surface area (Å²) in [6.45, 7) is 14.2. The van der Waals surface area contributed by atoms with Crippen molar-refractivity contribution in [2.45, 2.75) is 83.2 Å². The average Bonchev–Trinajstić information content (AvgIpc) is 2.89. The zero-order valence-electron chi connectivity index (χ0n) is 23.0. The fourth-order valence-corrected chi connectivity index (χ4v) is 3.62. The van der Waals surface area contributed by atoms with E-state index in [1.165, 1.54) is 51.4 Å². The van der Waals surface area contributed by atoms with Crippen LogP contribution in [0.15, 0.2) is 25.3 Å². The van der Waals surface area contributed by atoms with E-state index in [1.54, 1.807) is 0 Å². The van der Waals surface area contributed by atoms with Gasteiger partial charge in [-0.25, -0.2) is 0 Å². The molecule has 1 unspecified atom stereocenters. The largest absolute Gasteiger partial charge is 0.379 e. The van der Waals surface area contributed by atoms with E-state index in [-0.39, 0.29) is 6.10 Å². The van der Waals surface area contributed by atoms with Crippen LogP contribution in [0.4, 0.5) is 0 Å². The first-order valence-electron chi connectivity index (χ1n) is 14.2. The molecule has 0 aliphatic heterocycles. The van der Waals surface area contributed by atoms with Gasteiger partial charge in [0.15, 0.2) is 0 Å². The molecule has 1 atom stereocenters. The van der Waals surface area contributed by atoms with Crippen molar-refractivity contribution in [3.8, 4) is 0 Å². The van der Waals surface area contributed by atoms with Gasteiger partial charge in [0.05, 0.1) is 59.5 Å². The Morgan fingerprint density at radius 3 is 1.42 bits per heavy atom. The van der Waals surface area contributed by atoms with Gasteiger partial charge in [-0.3, -0.25) is 0 Å². The van der Waals surface area contributed by atoms with Crippen LogP contribution in [0.25, 0.3) is 0 Å². The highest BCUT2D eigenvalue weighted by molar-refractivity contribution is 7.80. The molecule has 0 bridgehead atoms. The second-order valence-corrected chi connectivity index (χ2v) is 9.34. The van der Waals surface area contributed by atoms with Gasteiger partial charge in [-0.2, -0.15) is 12.6 Å². The van der Waals surface area contributed by atoms with Gasteiger partial charge in [0.1, 0.15) is 6.10 Å². The summed E-state index contributed by atoms with van der Waals surface area (Å²) in [5.74, 6) is 0.730. The van der Waals surface area contributed by atoms with Crippen LogP contribution in [0.5, 0.6) is 0 Å². The summed E-state index contributed by atoms with van der Waals surface area (Å²) in [4.78, 5) is 0. The highest BCUT2D eigenvalue weighted by atomic mass is 32.1. The molecule has 36 heavy (non-hydrogen) atoms. The lowest BCUT2D eigenvalue weighted by atomic mass is 10.1. The second kappa shape index (κ2) is 32.6. The fourth-order valence-electron chi connectivity index (χ4n) is 3.49. The van der Waals surface area contributed by atoms with E-state index in [4.69, 9.17) is 28.4 Å². The van der Waals surface area contributed by atoms with Crippen molar-refractivity contribution >= 4 is 12.6 Å². The maximum absolute atomic E-state index is 6.09. The smallest absolute Gasteiger partial charge is 0.104 e. The van der Waals surface area contributed by atoms with Crippen molar-refractivity contribution in [3.63, 3.8) is 0 Å². The Hall–Kier alpha value is -0.410. The molecule has 0 aromatic heterocycles. The maximum atomic E-state index is 6.09. The summed E-state index contributed by atoms with van der Waals surface area (Å²) in [7, 11) is 0. The molecule has 0 saturated carbocycles. The monoisotopic (exact) mass is 532 g/mol. The normalized spacial score (nSPS) is 12.1. The molecule has 0 saturated heterocycles. The maximum Gasteiger partial charge on any atom is 0.104 e. The van der Waals surface area contributed by atoms with Crippen molar-refractivity contribution < 1.29 is 28.4 Å². The number of allylic oxidation sites excluding steroid dienone is 2. The van der Waals surface area contributed by atoms with Gasteiger partial charge in [-0.1, -0.05) is 50.7 Å². The Labute approximate surface area is 227 Å². The van der Waals surface area contributed by atoms with Crippen LogP contribution in [-0.4, -0.2) is 84.5 Å². The lowest BCUT2D eigenvalue weighted by Gasteiger charge is -2.18. The molecule has 0 aromatic carbocycles. The predicted octanol–water partition coefficient (Wildman–Crippen LogP) is 6.44. The summed E-state index contributed by atoms with van der Waals surface area (Å²) >= 11 is 4.09. The molecule has 0 N–H and O–H groups in total. The van der Waals surface area contributed by atoms with E-state index >= 15 is 0 Å². The molecule has 214 valence electrons. The molecule has 0 amide bonds. The van der Waals surface area contributed by atoms with Gasteiger partial charge in [0.2, 0.25) is 0 Å². The fraction of sp³-hybridized carbons (Fsp3) is 0.862. The SMILES string of the molecule is C=CCCCCCCCOCC(COCCOCCOCCOCCS)OCCCCCCCC=C. The van der Waals surface area contributed by atoms with Crippen molar-refractivity contribution in [1.29, 1.82) is 0 Å². The summed E-state index contributed by atoms with van der Waals surface area (Å²) in [6.07, 6.45) is 18.4. The minimum absolute atomic E-state index is 0.0288. The number of rotatable bonds is 32. The van der Waals surface area contributed by atoms with Crippen LogP contribution in [0.3, 0.4) is 0 Å². The van der Waals surface area contributed by atoms with Crippen molar-refractivity contribution in [2.75, 3.05) is 78.4 Å². The minimum Gasteiger partial charge on any atom is -0.379 e. The Morgan fingerprint density at radius 1 is 0.472 bits per heavy atom. The van der Waals surface area contributed by atoms with Crippen LogP contribution < -0.4 is 0 Å². The summed E-state index contributed by atoms with van der Waals surface area (Å²) in [5, 5.41) is 0. The van der Waals surface area contributed by atoms with Crippen molar-refractivity contribution in [2.24, 2.45) is 0 Å². The highest BCUT2D eigenvalue weighted by Gasteiger charge is 2.10. The van der Waals surface area contributed by atoms with E-state index in [9.17, 15) is 0 Å². The molecule has 0 spiro atoms. The van der Waals surface area contributed by atoms with Gasteiger partial charge in [0, 0.05) is 19.0 Å². The lowest BCUT2D eigenvalue weighted by molar-refractivity contribution is -0.0700. The van der Waals surface area contributed by atoms with Gasteiger partial charge in [-0.15, -0.1) is 13.2 Å². The summed E-state index contributed by atoms with van der Waals surface area (Å²) in [5.41, 5.74) is 0. The molecular formula is C29H56O6S. The van der Waals surface area contributed by atoms with Crippen LogP contribution in [0, 0.1) is 0 Å². The number of hydrogen-bond acceptors (Lipinski definition) is 7. The number of thiol groups is 1. The third kappa shape index (κ3) is 29.8. The van der Waals surface area contributed by atoms with E-state index < -0.39 is 0 Å². The van der Waals surface area contributed by atoms with E-state index in [0.29, 0.717) is 59.5 Å². The van der Waals surface area contributed by atoms with Crippen LogP contribution >= 0.6 is 12.6 Å². The van der Waals surface area contributed by atoms with Gasteiger partial charge < -0.3 is 28.4 Å². The van der Waals surface area contributed by atoms with Crippen LogP contribution in [0.2, 0.25) is 0 Å². The average molecular weight is 533 g/mol. The molecule has 0 aromatic rings. The Bertz CT molecular complexity index is 438. The highest BCUT2D eigenvalue weighted by Crippen LogP contribution is 2.08. The summed E-state index contributed by atoms with van der Waals surface area (Å²) < 4.78 is 34.1. The van der Waals surface area contributed by atoms with Gasteiger partial charge in [-0.05, 0) is 38.5 Å². The molecule has 0 aliphatic carbocycles. The number of hydrogen-bond donors (Lipinski definition) is 1. The molecule has 0 heterocycles. The zero-order chi connectivity index (χ0) is 26.2. The third-order valence-corrected chi connectivity index (χ3v) is 5.74. The lowest BCUT2D eigenvalue weighted by Crippen LogP contribution is -2.27. The molecule has 6 nitrogen and oxygen atoms in total. The quantitative estimate of drug-likeness (QED) is 0.0611. The van der Waals surface area contributed by atoms with Gasteiger partial charge >= 0.3 is 0 Å². The Kier molecular flexibility index (Phi) is 32.2. The first-order chi connectivity index (χ1) is 17.8. The standard InChI is InChI=1S/C29H56O6S/c1-3-5-7-9-11-13-15-17-33-27-29(35-18-16-14-12-10-8-6-4-2)28-34-24-23-31-20-19-30-21-22-32-25-26-36/h3-4,29,36H,1-2,5-28H2. The summed E-state index contributed by atoms with van der Waals surface area (Å²) in [6, 6.07) is 0. The Morgan fingerprint density at radius 2 is 0.889 bits per heavy atom. The van der Waals surface area contributed by atoms with Gasteiger partial charge in [0.25, 0.3) is 0 Å². The molecule has 0 aliphatic rings. The molecule has 0 fully saturated rings. The van der Waals surface area contributed by atoms with E-state index in [1.807, 2.05) is 12.2 Å². The van der Waals surface area contributed by atoms with E-state index in [0.717, 1.165) is 44.6 Å². The topological polar surface area (TPSA) is 55.4 Å². The first-order valence-corrected chi connectivity index (χ1v) is 14.8. The molecular weight excluding hydrogens is 476 g/mol. The second-order valence-electron chi connectivity index (χ2n) is 8.89. The van der Waals surface area contributed by atoms with Crippen LogP contribution in [-0.2, 0) is 28.4 Å². The molecule has 0 rings (SSSR count). The van der Waals surface area contributed by atoms with Crippen molar-refractivity contribution in [3.05, 3.63) is 25.3 Å². The Balaban J connectivity index is 3.84.